The van der Waals surface area contributed by atoms with Crippen LogP contribution in [0.5, 0.6) is 0 Å². The molecule has 0 aliphatic rings. The molecule has 20 heavy (non-hydrogen) atoms. The van der Waals surface area contributed by atoms with Crippen LogP contribution in [0.2, 0.25) is 0 Å². The first-order valence-electron chi connectivity index (χ1n) is 5.89. The Bertz CT molecular complexity index is 452. The Kier molecular flexibility index (Phi) is 6.15. The lowest BCUT2D eigenvalue weighted by atomic mass is 10.1. The van der Waals surface area contributed by atoms with Gasteiger partial charge in [0.15, 0.2) is 0 Å². The Morgan fingerprint density at radius 1 is 1.45 bits per heavy atom. The zero-order valence-electron chi connectivity index (χ0n) is 10.8. The zero-order valence-corrected chi connectivity index (χ0v) is 11.6. The number of halogens is 3. The summed E-state index contributed by atoms with van der Waals surface area (Å²) < 4.78 is 35.6. The summed E-state index contributed by atoms with van der Waals surface area (Å²) in [5, 5.41) is 4.89. The molecule has 4 nitrogen and oxygen atoms in total. The molecule has 2 amide bonds. The van der Waals surface area contributed by atoms with E-state index in [2.05, 4.69) is 10.6 Å². The smallest absolute Gasteiger partial charge is 0.337 e. The van der Waals surface area contributed by atoms with Gasteiger partial charge in [0.05, 0.1) is 0 Å². The summed E-state index contributed by atoms with van der Waals surface area (Å²) in [6.45, 7) is 1.75. The maximum absolute atomic E-state index is 11.9. The van der Waals surface area contributed by atoms with E-state index in [1.807, 2.05) is 13.0 Å². The molecule has 1 rings (SSSR count). The maximum Gasteiger partial charge on any atom is 0.441 e. The standard InChI is InChI=1S/C12H16F3N3OS/c1-8(16)9-3-2-4-10(7-9)18-11(19)17-5-6-20-12(13,14)15/h2-4,7-8H,5-6,16H2,1H3,(H2,17,18,19). The van der Waals surface area contributed by atoms with Gasteiger partial charge in [-0.25, -0.2) is 4.79 Å². The molecule has 0 aliphatic carbocycles. The molecule has 0 bridgehead atoms. The normalized spacial score (nSPS) is 12.8. The molecule has 1 atom stereocenters. The third kappa shape index (κ3) is 6.67. The van der Waals surface area contributed by atoms with Crippen LogP contribution in [0.3, 0.4) is 0 Å². The largest absolute Gasteiger partial charge is 0.441 e. The molecule has 4 N–H and O–H groups in total. The summed E-state index contributed by atoms with van der Waals surface area (Å²) in [5.41, 5.74) is 2.84. The Hall–Kier alpha value is -1.41. The van der Waals surface area contributed by atoms with Crippen LogP contribution in [0.4, 0.5) is 23.7 Å². The van der Waals surface area contributed by atoms with Crippen molar-refractivity contribution in [3.05, 3.63) is 29.8 Å². The third-order valence-electron chi connectivity index (χ3n) is 2.32. The fourth-order valence-electron chi connectivity index (χ4n) is 1.41. The van der Waals surface area contributed by atoms with Crippen molar-refractivity contribution in [3.63, 3.8) is 0 Å². The van der Waals surface area contributed by atoms with E-state index >= 15 is 0 Å². The third-order valence-corrected chi connectivity index (χ3v) is 3.06. The van der Waals surface area contributed by atoms with Gasteiger partial charge in [-0.1, -0.05) is 12.1 Å². The van der Waals surface area contributed by atoms with E-state index in [-0.39, 0.29) is 30.1 Å². The number of hydrogen-bond donors (Lipinski definition) is 3. The van der Waals surface area contributed by atoms with Crippen LogP contribution in [-0.4, -0.2) is 23.8 Å². The Morgan fingerprint density at radius 3 is 2.75 bits per heavy atom. The van der Waals surface area contributed by atoms with Crippen molar-refractivity contribution in [2.75, 3.05) is 17.6 Å². The lowest BCUT2D eigenvalue weighted by Gasteiger charge is -2.11. The van der Waals surface area contributed by atoms with Crippen molar-refractivity contribution >= 4 is 23.5 Å². The van der Waals surface area contributed by atoms with Crippen molar-refractivity contribution in [1.29, 1.82) is 0 Å². The van der Waals surface area contributed by atoms with Crippen LogP contribution in [0.15, 0.2) is 24.3 Å². The lowest BCUT2D eigenvalue weighted by molar-refractivity contribution is -0.0327. The van der Waals surface area contributed by atoms with Crippen molar-refractivity contribution < 1.29 is 18.0 Å². The second kappa shape index (κ2) is 7.39. The number of nitrogens with two attached hydrogens (primary N) is 1. The number of amides is 2. The van der Waals surface area contributed by atoms with Crippen LogP contribution in [0.1, 0.15) is 18.5 Å². The van der Waals surface area contributed by atoms with Gasteiger partial charge >= 0.3 is 11.5 Å². The van der Waals surface area contributed by atoms with Gasteiger partial charge in [0.2, 0.25) is 0 Å². The monoisotopic (exact) mass is 307 g/mol. The Balaban J connectivity index is 2.37. The number of urea groups is 1. The summed E-state index contributed by atoms with van der Waals surface area (Å²) >= 11 is -0.171. The van der Waals surface area contributed by atoms with E-state index < -0.39 is 11.5 Å². The van der Waals surface area contributed by atoms with E-state index in [0.29, 0.717) is 5.69 Å². The topological polar surface area (TPSA) is 67.1 Å². The van der Waals surface area contributed by atoms with Gasteiger partial charge < -0.3 is 16.4 Å². The fraction of sp³-hybridized carbons (Fsp3) is 0.417. The van der Waals surface area contributed by atoms with Gasteiger partial charge in [0.1, 0.15) is 0 Å². The molecular weight excluding hydrogens is 291 g/mol. The molecule has 112 valence electrons. The number of carbonyl (C=O) groups is 1. The zero-order chi connectivity index (χ0) is 15.2. The summed E-state index contributed by atoms with van der Waals surface area (Å²) in [6, 6.07) is 6.25. The van der Waals surface area contributed by atoms with E-state index in [0.717, 1.165) is 5.56 Å². The molecule has 8 heteroatoms. The molecule has 0 saturated heterocycles. The second-order valence-corrected chi connectivity index (χ2v) is 5.25. The number of hydrogen-bond acceptors (Lipinski definition) is 3. The average Bonchev–Trinajstić information content (AvgIpc) is 2.34. The van der Waals surface area contributed by atoms with Crippen LogP contribution < -0.4 is 16.4 Å². The molecule has 0 heterocycles. The number of rotatable bonds is 5. The molecule has 0 spiro atoms. The van der Waals surface area contributed by atoms with E-state index in [4.69, 9.17) is 5.73 Å². The van der Waals surface area contributed by atoms with Crippen LogP contribution in [0.25, 0.3) is 0 Å². The van der Waals surface area contributed by atoms with Crippen molar-refractivity contribution in [2.45, 2.75) is 18.5 Å². The quantitative estimate of drug-likeness (QED) is 0.732. The van der Waals surface area contributed by atoms with Gasteiger partial charge in [-0.3, -0.25) is 0 Å². The van der Waals surface area contributed by atoms with Crippen molar-refractivity contribution in [3.8, 4) is 0 Å². The molecule has 0 saturated carbocycles. The predicted octanol–water partition coefficient (Wildman–Crippen LogP) is 3.08. The van der Waals surface area contributed by atoms with Gasteiger partial charge in [-0.05, 0) is 36.4 Å². The van der Waals surface area contributed by atoms with Crippen molar-refractivity contribution in [2.24, 2.45) is 5.73 Å². The number of alkyl halides is 3. The van der Waals surface area contributed by atoms with Crippen LogP contribution in [-0.2, 0) is 0 Å². The fourth-order valence-corrected chi connectivity index (χ4v) is 1.84. The molecule has 1 aromatic carbocycles. The summed E-state index contributed by atoms with van der Waals surface area (Å²) in [5.74, 6) is -0.225. The first-order chi connectivity index (χ1) is 9.28. The number of nitrogens with one attached hydrogen (secondary N) is 2. The average molecular weight is 307 g/mol. The Labute approximate surface area is 119 Å². The summed E-state index contributed by atoms with van der Waals surface area (Å²) in [6.07, 6.45) is 0. The molecule has 0 radical (unpaired) electrons. The highest BCUT2D eigenvalue weighted by atomic mass is 32.2. The predicted molar refractivity (Wildman–Crippen MR) is 74.6 cm³/mol. The van der Waals surface area contributed by atoms with E-state index in [1.165, 1.54) is 0 Å². The highest BCUT2D eigenvalue weighted by molar-refractivity contribution is 8.00. The Morgan fingerprint density at radius 2 is 2.15 bits per heavy atom. The first-order valence-corrected chi connectivity index (χ1v) is 6.87. The SMILES string of the molecule is CC(N)c1cccc(NC(=O)NCCSC(F)(F)F)c1. The van der Waals surface area contributed by atoms with Gasteiger partial charge in [-0.15, -0.1) is 0 Å². The van der Waals surface area contributed by atoms with E-state index in [9.17, 15) is 18.0 Å². The van der Waals surface area contributed by atoms with Crippen LogP contribution in [0, 0.1) is 0 Å². The molecule has 0 fully saturated rings. The van der Waals surface area contributed by atoms with Gasteiger partial charge in [0, 0.05) is 24.0 Å². The summed E-state index contributed by atoms with van der Waals surface area (Å²) in [7, 11) is 0. The molecule has 0 aliphatic heterocycles. The minimum absolute atomic E-state index is 0.0665. The number of carbonyl (C=O) groups excluding carboxylic acids is 1. The van der Waals surface area contributed by atoms with Gasteiger partial charge in [0.25, 0.3) is 0 Å². The van der Waals surface area contributed by atoms with Crippen LogP contribution >= 0.6 is 11.8 Å². The lowest BCUT2D eigenvalue weighted by Crippen LogP contribution is -2.31. The maximum atomic E-state index is 11.9. The van der Waals surface area contributed by atoms with Crippen molar-refractivity contribution in [1.82, 2.24) is 5.32 Å². The molecule has 1 unspecified atom stereocenters. The molecule has 0 aromatic heterocycles. The minimum Gasteiger partial charge on any atom is -0.337 e. The number of benzene rings is 1. The number of anilines is 1. The van der Waals surface area contributed by atoms with Gasteiger partial charge in [-0.2, -0.15) is 13.2 Å². The second-order valence-electron chi connectivity index (χ2n) is 4.09. The molecule has 1 aromatic rings. The molecular formula is C12H16F3N3OS. The highest BCUT2D eigenvalue weighted by Gasteiger charge is 2.27. The number of thioether (sulfide) groups is 1. The summed E-state index contributed by atoms with van der Waals surface area (Å²) in [4.78, 5) is 11.5. The minimum atomic E-state index is -4.27. The highest BCUT2D eigenvalue weighted by Crippen LogP contribution is 2.29. The first kappa shape index (κ1) is 16.6. The van der Waals surface area contributed by atoms with E-state index in [1.54, 1.807) is 18.2 Å².